The smallest absolute Gasteiger partial charge is 0.339 e. The van der Waals surface area contributed by atoms with Crippen molar-refractivity contribution >= 4 is 12.0 Å². The highest BCUT2D eigenvalue weighted by Gasteiger charge is 2.20. The van der Waals surface area contributed by atoms with E-state index >= 15 is 0 Å². The molecule has 0 aliphatic carbocycles. The van der Waals surface area contributed by atoms with Crippen molar-refractivity contribution in [2.24, 2.45) is 0 Å². The molecule has 0 bridgehead atoms. The van der Waals surface area contributed by atoms with Gasteiger partial charge in [-0.2, -0.15) is 0 Å². The van der Waals surface area contributed by atoms with Gasteiger partial charge in [-0.1, -0.05) is 0 Å². The number of ether oxygens (including phenoxy) is 1. The van der Waals surface area contributed by atoms with E-state index in [0.717, 1.165) is 0 Å². The largest absolute Gasteiger partial charge is 0.479 e. The van der Waals surface area contributed by atoms with E-state index in [9.17, 15) is 9.59 Å². The van der Waals surface area contributed by atoms with Gasteiger partial charge < -0.3 is 15.2 Å². The Morgan fingerprint density at radius 3 is 2.47 bits per heavy atom. The number of nitrogens with one attached hydrogen (secondary N) is 2. The topological polar surface area (TPSA) is 96.9 Å². The van der Waals surface area contributed by atoms with Crippen molar-refractivity contribution < 1.29 is 24.3 Å². The van der Waals surface area contributed by atoms with Crippen molar-refractivity contribution in [3.8, 4) is 0 Å². The zero-order valence-electron chi connectivity index (χ0n) is 8.99. The van der Waals surface area contributed by atoms with E-state index in [1.165, 1.54) is 7.11 Å². The summed E-state index contributed by atoms with van der Waals surface area (Å²) in [6.07, 6.45) is 0. The number of carboxylic acids is 1. The molecule has 2 amide bonds. The van der Waals surface area contributed by atoms with Gasteiger partial charge in [-0.15, -0.1) is 0 Å². The number of rotatable bonds is 6. The van der Waals surface area contributed by atoms with Crippen LogP contribution in [0.2, 0.25) is 0 Å². The fourth-order valence-corrected chi connectivity index (χ4v) is 0.893. The minimum atomic E-state index is -1.16. The number of hydrogen-bond donors (Lipinski definition) is 3. The maximum atomic E-state index is 11.1. The molecule has 0 atom stereocenters. The Morgan fingerprint density at radius 1 is 1.40 bits per heavy atom. The summed E-state index contributed by atoms with van der Waals surface area (Å²) in [5.41, 5.74) is 1.39. The fourth-order valence-electron chi connectivity index (χ4n) is 0.893. The summed E-state index contributed by atoms with van der Waals surface area (Å²) in [5, 5.41) is 10.8. The van der Waals surface area contributed by atoms with Gasteiger partial charge in [-0.3, -0.25) is 4.84 Å². The number of amides is 2. The normalized spacial score (nSPS) is 10.9. The summed E-state index contributed by atoms with van der Waals surface area (Å²) in [4.78, 5) is 25.5. The highest BCUT2D eigenvalue weighted by atomic mass is 16.7. The van der Waals surface area contributed by atoms with Gasteiger partial charge in [0, 0.05) is 7.11 Å². The second-order valence-electron chi connectivity index (χ2n) is 3.56. The van der Waals surface area contributed by atoms with Gasteiger partial charge in [0.15, 0.2) is 6.61 Å². The highest BCUT2D eigenvalue weighted by Crippen LogP contribution is 2.00. The van der Waals surface area contributed by atoms with Gasteiger partial charge in [-0.25, -0.2) is 15.1 Å². The van der Waals surface area contributed by atoms with Crippen LogP contribution in [-0.4, -0.2) is 43.0 Å². The van der Waals surface area contributed by atoms with Crippen LogP contribution in [0.3, 0.4) is 0 Å². The number of hydroxylamine groups is 1. The van der Waals surface area contributed by atoms with Gasteiger partial charge in [0.05, 0.1) is 12.1 Å². The standard InChI is InChI=1S/C8H16N2O5/c1-8(2,5-14-3)9-7(13)10-15-4-6(11)12/h4-5H2,1-3H3,(H,11,12)(H2,9,10,13). The molecule has 0 saturated heterocycles. The van der Waals surface area contributed by atoms with Crippen LogP contribution in [0.4, 0.5) is 4.79 Å². The second kappa shape index (κ2) is 6.20. The van der Waals surface area contributed by atoms with Crippen molar-refractivity contribution in [1.82, 2.24) is 10.8 Å². The van der Waals surface area contributed by atoms with Crippen molar-refractivity contribution in [1.29, 1.82) is 0 Å². The van der Waals surface area contributed by atoms with Crippen molar-refractivity contribution in [3.63, 3.8) is 0 Å². The first-order valence-corrected chi connectivity index (χ1v) is 4.28. The molecule has 0 saturated carbocycles. The number of carboxylic acid groups (broad SMARTS) is 1. The van der Waals surface area contributed by atoms with E-state index in [-0.39, 0.29) is 0 Å². The highest BCUT2D eigenvalue weighted by molar-refractivity contribution is 5.74. The molecule has 3 N–H and O–H groups in total. The lowest BCUT2D eigenvalue weighted by Crippen LogP contribution is -2.51. The number of aliphatic carboxylic acids is 1. The summed E-state index contributed by atoms with van der Waals surface area (Å²) in [6, 6.07) is -0.613. The Bertz CT molecular complexity index is 229. The molecule has 0 aromatic carbocycles. The molecule has 0 spiro atoms. The van der Waals surface area contributed by atoms with E-state index in [4.69, 9.17) is 9.84 Å². The molecule has 15 heavy (non-hydrogen) atoms. The first kappa shape index (κ1) is 13.7. The van der Waals surface area contributed by atoms with E-state index < -0.39 is 24.1 Å². The first-order valence-electron chi connectivity index (χ1n) is 4.28. The molecule has 0 fully saturated rings. The van der Waals surface area contributed by atoms with Crippen LogP contribution in [0.1, 0.15) is 13.8 Å². The second-order valence-corrected chi connectivity index (χ2v) is 3.56. The molecule has 0 aromatic heterocycles. The van der Waals surface area contributed by atoms with Crippen molar-refractivity contribution in [2.75, 3.05) is 20.3 Å². The summed E-state index contributed by atoms with van der Waals surface area (Å²) in [7, 11) is 1.52. The number of hydrogen-bond acceptors (Lipinski definition) is 4. The van der Waals surface area contributed by atoms with Crippen LogP contribution in [0.15, 0.2) is 0 Å². The van der Waals surface area contributed by atoms with Crippen molar-refractivity contribution in [3.05, 3.63) is 0 Å². The van der Waals surface area contributed by atoms with Crippen LogP contribution in [0.5, 0.6) is 0 Å². The number of carbonyl (C=O) groups is 2. The number of methoxy groups -OCH3 is 1. The third-order valence-electron chi connectivity index (χ3n) is 1.32. The van der Waals surface area contributed by atoms with Gasteiger partial charge in [0.25, 0.3) is 0 Å². The van der Waals surface area contributed by atoms with Crippen molar-refractivity contribution in [2.45, 2.75) is 19.4 Å². The Morgan fingerprint density at radius 2 is 2.00 bits per heavy atom. The number of urea groups is 1. The third-order valence-corrected chi connectivity index (χ3v) is 1.32. The lowest BCUT2D eigenvalue weighted by atomic mass is 10.1. The Kier molecular flexibility index (Phi) is 5.65. The average molecular weight is 220 g/mol. The Balaban J connectivity index is 3.77. The minimum Gasteiger partial charge on any atom is -0.479 e. The predicted molar refractivity (Wildman–Crippen MR) is 51.2 cm³/mol. The van der Waals surface area contributed by atoms with Gasteiger partial charge in [-0.05, 0) is 13.8 Å². The number of carbonyl (C=O) groups excluding carboxylic acids is 1. The summed E-state index contributed by atoms with van der Waals surface area (Å²) < 4.78 is 4.87. The lowest BCUT2D eigenvalue weighted by Gasteiger charge is -2.24. The fraction of sp³-hybridized carbons (Fsp3) is 0.750. The van der Waals surface area contributed by atoms with E-state index in [1.54, 1.807) is 13.8 Å². The third kappa shape index (κ3) is 7.71. The molecule has 0 radical (unpaired) electrons. The molecular formula is C8H16N2O5. The van der Waals surface area contributed by atoms with Crippen LogP contribution in [0, 0.1) is 0 Å². The molecular weight excluding hydrogens is 204 g/mol. The summed E-state index contributed by atoms with van der Waals surface area (Å²) in [5.74, 6) is -1.16. The SMILES string of the molecule is COCC(C)(C)NC(=O)NOCC(=O)O. The molecule has 88 valence electrons. The molecule has 0 aromatic rings. The lowest BCUT2D eigenvalue weighted by molar-refractivity contribution is -0.144. The quantitative estimate of drug-likeness (QED) is 0.535. The van der Waals surface area contributed by atoms with Gasteiger partial charge >= 0.3 is 12.0 Å². The van der Waals surface area contributed by atoms with Crippen LogP contribution >= 0.6 is 0 Å². The molecule has 0 heterocycles. The molecule has 0 aliphatic rings. The van der Waals surface area contributed by atoms with E-state index in [0.29, 0.717) is 6.61 Å². The maximum Gasteiger partial charge on any atom is 0.339 e. The summed E-state index contributed by atoms with van der Waals surface area (Å²) >= 11 is 0. The van der Waals surface area contributed by atoms with Gasteiger partial charge in [0.2, 0.25) is 0 Å². The Labute approximate surface area is 87.7 Å². The average Bonchev–Trinajstić information content (AvgIpc) is 2.01. The maximum absolute atomic E-state index is 11.1. The van der Waals surface area contributed by atoms with E-state index in [1.807, 2.05) is 5.48 Å². The zero-order valence-corrected chi connectivity index (χ0v) is 8.99. The molecule has 7 nitrogen and oxygen atoms in total. The molecule has 0 unspecified atom stereocenters. The summed E-state index contributed by atoms with van der Waals surface area (Å²) in [6.45, 7) is 3.26. The first-order chi connectivity index (χ1) is 6.87. The molecule has 0 rings (SSSR count). The monoisotopic (exact) mass is 220 g/mol. The van der Waals surface area contributed by atoms with E-state index in [2.05, 4.69) is 10.2 Å². The minimum absolute atomic E-state index is 0.333. The predicted octanol–water partition coefficient (Wildman–Crippen LogP) is -0.273. The Hall–Kier alpha value is -1.34. The molecule has 0 aliphatic heterocycles. The van der Waals surface area contributed by atoms with Crippen LogP contribution < -0.4 is 10.8 Å². The van der Waals surface area contributed by atoms with Gasteiger partial charge in [0.1, 0.15) is 0 Å². The van der Waals surface area contributed by atoms with Crippen LogP contribution in [-0.2, 0) is 14.4 Å². The van der Waals surface area contributed by atoms with Crippen LogP contribution in [0.25, 0.3) is 0 Å². The molecule has 7 heteroatoms. The zero-order chi connectivity index (χ0) is 11.9.